The van der Waals surface area contributed by atoms with E-state index in [2.05, 4.69) is 25.1 Å². The van der Waals surface area contributed by atoms with Crippen LogP contribution in [0.3, 0.4) is 0 Å². The highest BCUT2D eigenvalue weighted by Gasteiger charge is 2.31. The van der Waals surface area contributed by atoms with Crippen LogP contribution in [0, 0.1) is 6.92 Å². The quantitative estimate of drug-likeness (QED) is 0.879. The highest BCUT2D eigenvalue weighted by atomic mass is 35.5. The molecule has 0 spiro atoms. The fourth-order valence-corrected chi connectivity index (χ4v) is 2.76. The van der Waals surface area contributed by atoms with Crippen LogP contribution >= 0.6 is 11.6 Å². The zero-order chi connectivity index (χ0) is 15.0. The second-order valence-electron chi connectivity index (χ2n) is 5.20. The summed E-state index contributed by atoms with van der Waals surface area (Å²) in [7, 11) is 0. The molecule has 2 atom stereocenters. The third kappa shape index (κ3) is 2.80. The number of likely N-dealkylation sites (tertiary alicyclic amines) is 1. The van der Waals surface area contributed by atoms with Crippen molar-refractivity contribution >= 4 is 22.6 Å². The number of hydrogen-bond acceptors (Lipinski definition) is 5. The van der Waals surface area contributed by atoms with Crippen LogP contribution in [-0.4, -0.2) is 57.0 Å². The Bertz CT molecular complexity index is 649. The van der Waals surface area contributed by atoms with Gasteiger partial charge < -0.3 is 9.64 Å². The number of piperidine rings is 1. The zero-order valence-electron chi connectivity index (χ0n) is 11.9. The number of aromatic nitrogens is 4. The SMILES string of the molecule is CCN1CC[C@@H](Oc2nc(Cl)nc3n[nH]c(C)c23)[C@@H](F)C1. The molecule has 0 aromatic carbocycles. The topological polar surface area (TPSA) is 66.9 Å². The third-order valence-electron chi connectivity index (χ3n) is 3.81. The second kappa shape index (κ2) is 5.73. The Kier molecular flexibility index (Phi) is 3.95. The summed E-state index contributed by atoms with van der Waals surface area (Å²) in [5.74, 6) is 0.300. The van der Waals surface area contributed by atoms with Gasteiger partial charge in [-0.15, -0.1) is 0 Å². The molecule has 0 unspecified atom stereocenters. The van der Waals surface area contributed by atoms with E-state index in [0.29, 0.717) is 29.9 Å². The summed E-state index contributed by atoms with van der Waals surface area (Å²) in [4.78, 5) is 10.2. The first-order valence-electron chi connectivity index (χ1n) is 6.99. The van der Waals surface area contributed by atoms with Crippen LogP contribution in [0.25, 0.3) is 11.0 Å². The van der Waals surface area contributed by atoms with E-state index < -0.39 is 12.3 Å². The van der Waals surface area contributed by atoms with Crippen LogP contribution < -0.4 is 4.74 Å². The number of aromatic amines is 1. The number of H-pyrrole nitrogens is 1. The molecule has 1 aliphatic heterocycles. The van der Waals surface area contributed by atoms with Crippen molar-refractivity contribution in [3.8, 4) is 5.88 Å². The summed E-state index contributed by atoms with van der Waals surface area (Å²) in [5, 5.41) is 7.55. The number of hydrogen-bond donors (Lipinski definition) is 1. The number of nitrogens with zero attached hydrogens (tertiary/aromatic N) is 4. The fourth-order valence-electron chi connectivity index (χ4n) is 2.60. The lowest BCUT2D eigenvalue weighted by Gasteiger charge is -2.33. The minimum atomic E-state index is -1.05. The molecule has 1 aliphatic rings. The van der Waals surface area contributed by atoms with E-state index in [9.17, 15) is 4.39 Å². The molecule has 21 heavy (non-hydrogen) atoms. The first-order valence-corrected chi connectivity index (χ1v) is 7.37. The fraction of sp³-hybridized carbons (Fsp3) is 0.615. The lowest BCUT2D eigenvalue weighted by atomic mass is 10.1. The van der Waals surface area contributed by atoms with Gasteiger partial charge in [0, 0.05) is 18.8 Å². The van der Waals surface area contributed by atoms with Crippen LogP contribution in [0.1, 0.15) is 19.0 Å². The lowest BCUT2D eigenvalue weighted by Crippen LogP contribution is -2.46. The largest absolute Gasteiger partial charge is 0.471 e. The Balaban J connectivity index is 1.86. The smallest absolute Gasteiger partial charge is 0.229 e. The van der Waals surface area contributed by atoms with Crippen molar-refractivity contribution in [2.24, 2.45) is 0 Å². The molecule has 1 N–H and O–H groups in total. The molecule has 0 bridgehead atoms. The van der Waals surface area contributed by atoms with Crippen LogP contribution in [0.4, 0.5) is 4.39 Å². The number of nitrogens with one attached hydrogen (secondary N) is 1. The van der Waals surface area contributed by atoms with Crippen molar-refractivity contribution in [3.05, 3.63) is 11.0 Å². The summed E-state index contributed by atoms with van der Waals surface area (Å²) in [6, 6.07) is 0. The van der Waals surface area contributed by atoms with E-state index >= 15 is 0 Å². The Morgan fingerprint density at radius 2 is 2.29 bits per heavy atom. The zero-order valence-corrected chi connectivity index (χ0v) is 12.7. The number of halogens is 2. The van der Waals surface area contributed by atoms with E-state index in [1.807, 2.05) is 13.8 Å². The maximum absolute atomic E-state index is 14.2. The molecule has 8 heteroatoms. The van der Waals surface area contributed by atoms with Gasteiger partial charge in [-0.2, -0.15) is 15.1 Å². The molecule has 6 nitrogen and oxygen atoms in total. The van der Waals surface area contributed by atoms with Crippen molar-refractivity contribution in [1.29, 1.82) is 0 Å². The molecule has 3 rings (SSSR count). The van der Waals surface area contributed by atoms with Crippen LogP contribution in [0.5, 0.6) is 5.88 Å². The van der Waals surface area contributed by atoms with E-state index in [1.54, 1.807) is 0 Å². The van der Waals surface area contributed by atoms with Gasteiger partial charge in [-0.05, 0) is 31.5 Å². The van der Waals surface area contributed by atoms with E-state index in [1.165, 1.54) is 0 Å². The average Bonchev–Trinajstić information content (AvgIpc) is 2.82. The number of rotatable bonds is 3. The normalized spacial score (nSPS) is 23.6. The van der Waals surface area contributed by atoms with E-state index in [-0.39, 0.29) is 5.28 Å². The van der Waals surface area contributed by atoms with Gasteiger partial charge in [0.05, 0.1) is 0 Å². The van der Waals surface area contributed by atoms with Gasteiger partial charge >= 0.3 is 0 Å². The van der Waals surface area contributed by atoms with Gasteiger partial charge in [-0.1, -0.05) is 6.92 Å². The molecule has 114 valence electrons. The summed E-state index contributed by atoms with van der Waals surface area (Å²) < 4.78 is 20.0. The number of fused-ring (bicyclic) bond motifs is 1. The standard InChI is InChI=1S/C13H17ClFN5O/c1-3-20-5-4-9(8(15)6-20)21-12-10-7(2)18-19-11(10)16-13(14)17-12/h8-9H,3-6H2,1-2H3,(H,16,17,18,19)/t8-,9+/m0/s1. The Morgan fingerprint density at radius 3 is 3.00 bits per heavy atom. The monoisotopic (exact) mass is 313 g/mol. The van der Waals surface area contributed by atoms with Crippen LogP contribution in [0.15, 0.2) is 0 Å². The van der Waals surface area contributed by atoms with Crippen molar-refractivity contribution in [3.63, 3.8) is 0 Å². The molecule has 0 saturated carbocycles. The minimum absolute atomic E-state index is 0.0467. The molecule has 0 amide bonds. The Labute approximate surface area is 126 Å². The molecular weight excluding hydrogens is 297 g/mol. The molecular formula is C13H17ClFN5O. The molecule has 2 aromatic rings. The Hall–Kier alpha value is -1.47. The summed E-state index contributed by atoms with van der Waals surface area (Å²) in [6.07, 6.45) is -0.944. The first-order chi connectivity index (χ1) is 10.1. The Morgan fingerprint density at radius 1 is 1.48 bits per heavy atom. The second-order valence-corrected chi connectivity index (χ2v) is 5.54. The van der Waals surface area contributed by atoms with Gasteiger partial charge in [0.1, 0.15) is 17.7 Å². The predicted molar refractivity (Wildman–Crippen MR) is 77.5 cm³/mol. The molecule has 0 radical (unpaired) electrons. The summed E-state index contributed by atoms with van der Waals surface area (Å²) in [5.41, 5.74) is 1.21. The number of aryl methyl sites for hydroxylation is 1. The molecule has 1 fully saturated rings. The molecule has 3 heterocycles. The van der Waals surface area contributed by atoms with Crippen molar-refractivity contribution in [2.45, 2.75) is 32.5 Å². The maximum Gasteiger partial charge on any atom is 0.229 e. The van der Waals surface area contributed by atoms with Gasteiger partial charge in [0.15, 0.2) is 5.65 Å². The maximum atomic E-state index is 14.2. The minimum Gasteiger partial charge on any atom is -0.471 e. The van der Waals surface area contributed by atoms with Crippen LogP contribution in [0.2, 0.25) is 5.28 Å². The van der Waals surface area contributed by atoms with E-state index in [0.717, 1.165) is 18.8 Å². The van der Waals surface area contributed by atoms with Gasteiger partial charge in [0.2, 0.25) is 11.2 Å². The highest BCUT2D eigenvalue weighted by molar-refractivity contribution is 6.28. The highest BCUT2D eigenvalue weighted by Crippen LogP contribution is 2.28. The summed E-state index contributed by atoms with van der Waals surface area (Å²) >= 11 is 5.87. The third-order valence-corrected chi connectivity index (χ3v) is 3.98. The van der Waals surface area contributed by atoms with Gasteiger partial charge in [0.25, 0.3) is 0 Å². The average molecular weight is 314 g/mol. The van der Waals surface area contributed by atoms with Crippen molar-refractivity contribution < 1.29 is 9.13 Å². The summed E-state index contributed by atoms with van der Waals surface area (Å²) in [6.45, 7) is 5.90. The van der Waals surface area contributed by atoms with Crippen LogP contribution in [-0.2, 0) is 0 Å². The predicted octanol–water partition coefficient (Wildman–Crippen LogP) is 2.13. The van der Waals surface area contributed by atoms with E-state index in [4.69, 9.17) is 16.3 Å². The van der Waals surface area contributed by atoms with Crippen molar-refractivity contribution in [1.82, 2.24) is 25.1 Å². The van der Waals surface area contributed by atoms with Crippen molar-refractivity contribution in [2.75, 3.05) is 19.6 Å². The molecule has 2 aromatic heterocycles. The number of alkyl halides is 1. The first kappa shape index (κ1) is 14.5. The molecule has 0 aliphatic carbocycles. The van der Waals surface area contributed by atoms with Gasteiger partial charge in [-0.3, -0.25) is 5.10 Å². The molecule has 1 saturated heterocycles. The number of ether oxygens (including phenoxy) is 1. The van der Waals surface area contributed by atoms with Gasteiger partial charge in [-0.25, -0.2) is 4.39 Å². The lowest BCUT2D eigenvalue weighted by molar-refractivity contribution is 0.0223.